The number of rotatable bonds is 4. The molecule has 0 aliphatic heterocycles. The van der Waals surface area contributed by atoms with Gasteiger partial charge in [0.15, 0.2) is 29.3 Å². The molecule has 0 N–H and O–H groups in total. The third-order valence-electron chi connectivity index (χ3n) is 7.38. The minimum absolute atomic E-state index is 0. The predicted octanol–water partition coefficient (Wildman–Crippen LogP) is 17.9. The number of pyridine rings is 2. The zero-order valence-corrected chi connectivity index (χ0v) is 60.2. The van der Waals surface area contributed by atoms with Crippen molar-refractivity contribution >= 4 is 0 Å². The normalized spacial score (nSPS) is 7.26. The van der Waals surface area contributed by atoms with Crippen LogP contribution < -0.4 is 23.0 Å². The van der Waals surface area contributed by atoms with Crippen molar-refractivity contribution in [1.29, 1.82) is 0 Å². The van der Waals surface area contributed by atoms with Crippen LogP contribution in [0.2, 0.25) is 0 Å². The third kappa shape index (κ3) is 133. The molecule has 0 saturated carbocycles. The second kappa shape index (κ2) is 125. The van der Waals surface area contributed by atoms with Crippen LogP contribution in [0.25, 0.3) is 0 Å². The van der Waals surface area contributed by atoms with Gasteiger partial charge in [-0.25, -0.2) is 9.97 Å². The van der Waals surface area contributed by atoms with Crippen molar-refractivity contribution in [3.05, 3.63) is 230 Å². The van der Waals surface area contributed by atoms with Gasteiger partial charge in [0.05, 0.1) is 41.0 Å². The lowest BCUT2D eigenvalue weighted by Gasteiger charge is -1.88. The first-order valence-electron chi connectivity index (χ1n) is 31.7. The molecule has 0 aliphatic rings. The summed E-state index contributed by atoms with van der Waals surface area (Å²) in [6.45, 7) is 49.4. The van der Waals surface area contributed by atoms with Crippen LogP contribution in [0, 0.1) is 20.2 Å². The molecule has 8 aromatic rings. The van der Waals surface area contributed by atoms with Crippen LogP contribution in [-0.4, -0.2) is 44.4 Å². The van der Waals surface area contributed by atoms with Gasteiger partial charge in [-0.1, -0.05) is 237 Å². The van der Waals surface area contributed by atoms with E-state index in [1.807, 2.05) is 148 Å². The first-order chi connectivity index (χ1) is 42.4. The summed E-state index contributed by atoms with van der Waals surface area (Å²) in [5, 5.41) is 27.6. The highest BCUT2D eigenvalue weighted by molar-refractivity contribution is 4.88. The van der Waals surface area contributed by atoms with Crippen LogP contribution in [0.5, 0.6) is 0 Å². The lowest BCUT2D eigenvalue weighted by Crippen LogP contribution is -2.40. The Balaban J connectivity index is -0.0000000624. The number of hydrogen-bond donors (Lipinski definition) is 0. The minimum Gasteiger partial charge on any atom is -0.619 e. The van der Waals surface area contributed by atoms with Crippen molar-refractivity contribution in [3.8, 4) is 0 Å². The van der Waals surface area contributed by atoms with Gasteiger partial charge in [-0.15, -0.1) is 9.41 Å². The molecule has 0 amide bonds. The molecule has 506 valence electrons. The lowest BCUT2D eigenvalue weighted by molar-refractivity contribution is -0.778. The number of unbranched alkanes of at least 4 members (excludes halogenated alkanes) is 4. The molecule has 8 heterocycles. The van der Waals surface area contributed by atoms with Crippen LogP contribution in [0.1, 0.15) is 225 Å². The van der Waals surface area contributed by atoms with Gasteiger partial charge < -0.3 is 15.0 Å². The Bertz CT molecular complexity index is 1980. The summed E-state index contributed by atoms with van der Waals surface area (Å²) < 4.78 is 7.93. The summed E-state index contributed by atoms with van der Waals surface area (Å²) in [6, 6.07) is 21.5. The van der Waals surface area contributed by atoms with E-state index in [0.29, 0.717) is 0 Å². The summed E-state index contributed by atoms with van der Waals surface area (Å²) in [5.74, 6) is 0. The highest BCUT2D eigenvalue weighted by Gasteiger charge is 1.92. The predicted molar refractivity (Wildman–Crippen MR) is 380 cm³/mol. The first-order valence-corrected chi connectivity index (χ1v) is 31.7. The van der Waals surface area contributed by atoms with E-state index >= 15 is 0 Å². The van der Waals surface area contributed by atoms with E-state index in [4.69, 9.17) is 0 Å². The summed E-state index contributed by atoms with van der Waals surface area (Å²) in [5.41, 5.74) is 0. The van der Waals surface area contributed by atoms with E-state index in [-0.39, 0.29) is 7.43 Å². The fourth-order valence-electron chi connectivity index (χ4n) is 2.88. The van der Waals surface area contributed by atoms with Crippen molar-refractivity contribution in [2.75, 3.05) is 0 Å². The molecule has 88 heavy (non-hydrogen) atoms. The van der Waals surface area contributed by atoms with Gasteiger partial charge in [0.25, 0.3) is 6.20 Å². The first kappa shape index (κ1) is 111. The van der Waals surface area contributed by atoms with Crippen LogP contribution in [0.4, 0.5) is 0 Å². The Labute approximate surface area is 540 Å². The third-order valence-corrected chi connectivity index (χ3v) is 7.38. The topological polar surface area (TPSA) is 204 Å². The molecule has 0 aromatic carbocycles. The molecule has 0 unspecified atom stereocenters. The van der Waals surface area contributed by atoms with Crippen molar-refractivity contribution in [3.63, 3.8) is 0 Å². The molecule has 8 rings (SSSR count). The summed E-state index contributed by atoms with van der Waals surface area (Å²) in [6.07, 6.45) is 45.7. The molecule has 8 aromatic heterocycles. The molecule has 0 radical (unpaired) electrons. The number of aryl methyl sites for hydroxylation is 3. The number of hydrogen-bond acceptors (Lipinski definition) is 11. The average Bonchev–Trinajstić information content (AvgIpc) is 3.70. The molecular weight excluding hydrogens is 1100 g/mol. The molecule has 0 aliphatic carbocycles. The lowest BCUT2D eigenvalue weighted by atomic mass is 10.4. The van der Waals surface area contributed by atoms with Crippen molar-refractivity contribution < 1.29 is 23.0 Å². The summed E-state index contributed by atoms with van der Waals surface area (Å²) >= 11 is 0. The molecule has 0 saturated heterocycles. The molecule has 18 nitrogen and oxygen atoms in total. The maximum Gasteiger partial charge on any atom is 0.417 e. The fourth-order valence-corrected chi connectivity index (χ4v) is 2.88. The van der Waals surface area contributed by atoms with Gasteiger partial charge in [0, 0.05) is 92.1 Å². The SMILES string of the molecule is C.CC.CC.CC.CC.CC.CC.CC.CC.CCCC.CCCC.CCCC.CCCC.C[n+]1ccc[n+]([O-])c1.Cn1cc[n+](=O)cc1.Cn1cccc[n+]1=O.[O-][n+]1ccccc1.c1ccncc1.c1ccnnc1.c1cnccn1.c1cncnc1. The van der Waals surface area contributed by atoms with Crippen LogP contribution in [-0.2, 0) is 21.1 Å². The van der Waals surface area contributed by atoms with Gasteiger partial charge in [0.1, 0.15) is 13.4 Å². The largest absolute Gasteiger partial charge is 0.619 e. The second-order valence-corrected chi connectivity index (χ2v) is 13.8. The van der Waals surface area contributed by atoms with E-state index in [1.165, 1.54) is 106 Å². The smallest absolute Gasteiger partial charge is 0.417 e. The van der Waals surface area contributed by atoms with Crippen LogP contribution in [0.15, 0.2) is 209 Å². The Hall–Kier alpha value is -8.02. The maximum absolute atomic E-state index is 10.5. The zero-order valence-electron chi connectivity index (χ0n) is 60.2. The van der Waals surface area contributed by atoms with Gasteiger partial charge in [-0.05, 0) is 36.4 Å². The highest BCUT2D eigenvalue weighted by atomic mass is 16.5. The highest BCUT2D eigenvalue weighted by Crippen LogP contribution is 1.79. The van der Waals surface area contributed by atoms with Gasteiger partial charge >= 0.3 is 6.33 Å². The van der Waals surface area contributed by atoms with Crippen molar-refractivity contribution in [2.24, 2.45) is 21.1 Å². The Morgan fingerprint density at radius 2 is 0.659 bits per heavy atom. The van der Waals surface area contributed by atoms with E-state index in [2.05, 4.69) is 90.5 Å². The Morgan fingerprint density at radius 1 is 0.341 bits per heavy atom. The molecule has 0 spiro atoms. The minimum atomic E-state index is 0. The van der Waals surface area contributed by atoms with E-state index in [0.717, 1.165) is 18.4 Å². The fraction of sp³-hybridized carbons (Fsp3) is 0.514. The maximum atomic E-state index is 10.5. The summed E-state index contributed by atoms with van der Waals surface area (Å²) in [4.78, 5) is 39.4. The second-order valence-electron chi connectivity index (χ2n) is 13.8. The number of aromatic nitrogens is 14. The Morgan fingerprint density at radius 3 is 0.830 bits per heavy atom. The van der Waals surface area contributed by atoms with E-state index in [1.54, 1.807) is 152 Å². The molecular formula is C70H135N14O4+3. The van der Waals surface area contributed by atoms with Gasteiger partial charge in [0.2, 0.25) is 12.4 Å². The van der Waals surface area contributed by atoms with Crippen LogP contribution in [0.3, 0.4) is 0 Å². The van der Waals surface area contributed by atoms with Gasteiger partial charge in [-0.2, -0.15) is 19.5 Å². The summed E-state index contributed by atoms with van der Waals surface area (Å²) in [7, 11) is 5.35. The van der Waals surface area contributed by atoms with Crippen LogP contribution >= 0.6 is 0 Å². The van der Waals surface area contributed by atoms with Gasteiger partial charge in [-0.3, -0.25) is 15.0 Å². The average molecular weight is 1240 g/mol. The molecule has 18 heteroatoms. The standard InChI is InChI=1S/3C5H7N2O.C5H5NO.C5H5N.3C4H4N2.4C4H10.8C2H6.CH4/c1-6-2-4-7(8)5-3-6;1-6-3-2-4-7(8)5-6;1-6-4-2-3-5-7(6)8;7-6-4-2-1-3-5-6;1-2-4-6-5-3-1;1-2-6-4-3-5-1;1-2-5-4-6-3-1;1-2-4-6-5-3-1;4*1-3-4-2;8*1-2;/h3*2-5H,1H3;1-5H;1-5H;3*1-4H;4*3-4H2,1-2H3;8*1-2H3;1H4/q3*+1;;;;;;;;;;;;;;;;;;. The van der Waals surface area contributed by atoms with Crippen molar-refractivity contribution in [1.82, 2.24) is 44.4 Å². The quantitative estimate of drug-likeness (QED) is 0.120. The zero-order chi connectivity index (χ0) is 69.7. The van der Waals surface area contributed by atoms with Crippen molar-refractivity contribution in [2.45, 2.75) is 225 Å². The molecule has 0 bridgehead atoms. The van der Waals surface area contributed by atoms with E-state index in [9.17, 15) is 20.2 Å². The van der Waals surface area contributed by atoms with E-state index < -0.39 is 0 Å². The molecule has 0 fully saturated rings. The Kier molecular flexibility index (Phi) is 158. The monoisotopic (exact) mass is 1240 g/mol. The number of nitrogens with zero attached hydrogens (tertiary/aromatic N) is 14. The molecule has 0 atom stereocenters.